The van der Waals surface area contributed by atoms with E-state index in [2.05, 4.69) is 20.9 Å². The second-order valence-corrected chi connectivity index (χ2v) is 9.71. The van der Waals surface area contributed by atoms with Crippen LogP contribution in [0.4, 0.5) is 0 Å². The van der Waals surface area contributed by atoms with Crippen LogP contribution in [0.25, 0.3) is 11.0 Å². The molecule has 2 saturated heterocycles. The maximum absolute atomic E-state index is 13.1. The fourth-order valence-electron chi connectivity index (χ4n) is 4.70. The van der Waals surface area contributed by atoms with E-state index in [0.717, 1.165) is 35.0 Å². The topological polar surface area (TPSA) is 72.5 Å². The Morgan fingerprint density at radius 2 is 2.21 bits per heavy atom. The number of carbonyl (C=O) groups is 1. The first-order chi connectivity index (χ1) is 13.6. The van der Waals surface area contributed by atoms with Crippen molar-refractivity contribution in [2.24, 2.45) is 11.3 Å². The molecule has 28 heavy (non-hydrogen) atoms. The van der Waals surface area contributed by atoms with Gasteiger partial charge in [0.15, 0.2) is 0 Å². The van der Waals surface area contributed by atoms with Crippen LogP contribution < -0.4 is 0 Å². The standard InChI is InChI=1S/C20H21ClN4O2S/c21-18-4-2-15(28-18)8-24-6-14-7-25(10-20(14,9-24)11-26)19(27)13-1-3-16-17(5-13)23-12-22-16/h1-5,12,14,26H,6-11H2,(H,22,23). The number of halogens is 1. The van der Waals surface area contributed by atoms with Gasteiger partial charge in [-0.2, -0.15) is 0 Å². The molecule has 0 spiro atoms. The summed E-state index contributed by atoms with van der Waals surface area (Å²) in [5.74, 6) is 0.308. The fourth-order valence-corrected chi connectivity index (χ4v) is 5.83. The van der Waals surface area contributed by atoms with Crippen molar-refractivity contribution in [1.82, 2.24) is 19.8 Å². The monoisotopic (exact) mass is 416 g/mol. The Balaban J connectivity index is 1.31. The number of hydrogen-bond donors (Lipinski definition) is 2. The summed E-state index contributed by atoms with van der Waals surface area (Å²) in [5, 5.41) is 10.2. The summed E-state index contributed by atoms with van der Waals surface area (Å²) in [7, 11) is 0. The molecule has 0 aliphatic carbocycles. The molecule has 2 fully saturated rings. The van der Waals surface area contributed by atoms with E-state index in [1.54, 1.807) is 17.7 Å². The summed E-state index contributed by atoms with van der Waals surface area (Å²) in [5.41, 5.74) is 2.14. The normalized spacial score (nSPS) is 24.9. The number of aromatic amines is 1. The molecule has 8 heteroatoms. The molecule has 2 N–H and O–H groups in total. The van der Waals surface area contributed by atoms with Crippen LogP contribution in [-0.4, -0.2) is 63.6 Å². The van der Waals surface area contributed by atoms with E-state index in [1.807, 2.05) is 29.2 Å². The third kappa shape index (κ3) is 3.03. The van der Waals surface area contributed by atoms with E-state index in [0.29, 0.717) is 18.7 Å². The number of nitrogens with one attached hydrogen (secondary N) is 1. The molecule has 6 nitrogen and oxygen atoms in total. The lowest BCUT2D eigenvalue weighted by molar-refractivity contribution is 0.0719. The Hall–Kier alpha value is -1.93. The molecule has 5 rings (SSSR count). The number of aliphatic hydroxyl groups is 1. The molecule has 4 heterocycles. The Kier molecular flexibility index (Phi) is 4.43. The quantitative estimate of drug-likeness (QED) is 0.686. The van der Waals surface area contributed by atoms with Crippen LogP contribution in [0, 0.1) is 11.3 Å². The lowest BCUT2D eigenvalue weighted by Gasteiger charge is -2.27. The molecule has 146 valence electrons. The first kappa shape index (κ1) is 18.1. The van der Waals surface area contributed by atoms with E-state index in [-0.39, 0.29) is 23.8 Å². The number of thiophene rings is 1. The van der Waals surface area contributed by atoms with Crippen molar-refractivity contribution in [3.05, 3.63) is 51.4 Å². The lowest BCUT2D eigenvalue weighted by Crippen LogP contribution is -2.38. The van der Waals surface area contributed by atoms with Gasteiger partial charge in [-0.25, -0.2) is 4.98 Å². The van der Waals surface area contributed by atoms with E-state index in [9.17, 15) is 9.90 Å². The van der Waals surface area contributed by atoms with Gasteiger partial charge in [0.05, 0.1) is 28.3 Å². The van der Waals surface area contributed by atoms with Crippen molar-refractivity contribution in [3.63, 3.8) is 0 Å². The molecule has 3 aromatic rings. The minimum atomic E-state index is -0.241. The van der Waals surface area contributed by atoms with Crippen molar-refractivity contribution in [2.75, 3.05) is 32.8 Å². The van der Waals surface area contributed by atoms with Crippen LogP contribution >= 0.6 is 22.9 Å². The van der Waals surface area contributed by atoms with E-state index >= 15 is 0 Å². The van der Waals surface area contributed by atoms with Gasteiger partial charge in [-0.1, -0.05) is 11.6 Å². The van der Waals surface area contributed by atoms with Crippen molar-refractivity contribution < 1.29 is 9.90 Å². The predicted molar refractivity (Wildman–Crippen MR) is 110 cm³/mol. The maximum Gasteiger partial charge on any atom is 0.253 e. The van der Waals surface area contributed by atoms with Gasteiger partial charge >= 0.3 is 0 Å². The largest absolute Gasteiger partial charge is 0.396 e. The van der Waals surface area contributed by atoms with E-state index in [1.165, 1.54) is 4.88 Å². The van der Waals surface area contributed by atoms with Crippen LogP contribution in [-0.2, 0) is 6.54 Å². The summed E-state index contributed by atoms with van der Waals surface area (Å²) < 4.78 is 0.803. The molecular weight excluding hydrogens is 396 g/mol. The van der Waals surface area contributed by atoms with E-state index in [4.69, 9.17) is 11.6 Å². The van der Waals surface area contributed by atoms with E-state index < -0.39 is 0 Å². The van der Waals surface area contributed by atoms with Crippen LogP contribution in [0.2, 0.25) is 4.34 Å². The zero-order chi connectivity index (χ0) is 19.3. The number of aliphatic hydroxyl groups excluding tert-OH is 1. The summed E-state index contributed by atoms with van der Waals surface area (Å²) in [6, 6.07) is 9.55. The summed E-state index contributed by atoms with van der Waals surface area (Å²) >= 11 is 7.65. The Bertz CT molecular complexity index is 1030. The molecule has 2 atom stereocenters. The van der Waals surface area contributed by atoms with Crippen molar-refractivity contribution >= 4 is 39.9 Å². The van der Waals surface area contributed by atoms with Gasteiger partial charge in [0.2, 0.25) is 0 Å². The van der Waals surface area contributed by atoms with Gasteiger partial charge in [-0.15, -0.1) is 11.3 Å². The molecule has 2 unspecified atom stereocenters. The molecule has 0 bridgehead atoms. The number of nitrogens with zero attached hydrogens (tertiary/aromatic N) is 3. The number of hydrogen-bond acceptors (Lipinski definition) is 5. The van der Waals surface area contributed by atoms with Gasteiger partial charge in [-0.3, -0.25) is 9.69 Å². The molecule has 2 aliphatic heterocycles. The lowest BCUT2D eigenvalue weighted by atomic mass is 9.82. The van der Waals surface area contributed by atoms with Gasteiger partial charge < -0.3 is 15.0 Å². The number of aromatic nitrogens is 2. The number of amides is 1. The Morgan fingerprint density at radius 3 is 2.96 bits per heavy atom. The maximum atomic E-state index is 13.1. The van der Waals surface area contributed by atoms with Crippen LogP contribution in [0.5, 0.6) is 0 Å². The third-order valence-corrected chi connectivity index (χ3v) is 7.32. The summed E-state index contributed by atoms with van der Waals surface area (Å²) in [6.45, 7) is 3.91. The van der Waals surface area contributed by atoms with Crippen molar-refractivity contribution in [2.45, 2.75) is 6.54 Å². The second kappa shape index (κ2) is 6.84. The van der Waals surface area contributed by atoms with Crippen LogP contribution in [0.1, 0.15) is 15.2 Å². The van der Waals surface area contributed by atoms with Crippen molar-refractivity contribution in [1.29, 1.82) is 0 Å². The molecule has 0 saturated carbocycles. The van der Waals surface area contributed by atoms with Gasteiger partial charge in [-0.05, 0) is 36.2 Å². The highest BCUT2D eigenvalue weighted by atomic mass is 35.5. The fraction of sp³-hybridized carbons (Fsp3) is 0.400. The summed E-state index contributed by atoms with van der Waals surface area (Å²) in [4.78, 5) is 25.8. The minimum absolute atomic E-state index is 0.0234. The molecule has 2 aliphatic rings. The van der Waals surface area contributed by atoms with Crippen molar-refractivity contribution in [3.8, 4) is 0 Å². The van der Waals surface area contributed by atoms with Gasteiger partial charge in [0.1, 0.15) is 0 Å². The zero-order valence-corrected chi connectivity index (χ0v) is 16.8. The number of rotatable bonds is 4. The first-order valence-electron chi connectivity index (χ1n) is 9.36. The SMILES string of the molecule is O=C(c1ccc2nc[nH]c2c1)N1CC2CN(Cc3ccc(Cl)s3)CC2(CO)C1. The average Bonchev–Trinajstić information content (AvgIpc) is 3.43. The average molecular weight is 417 g/mol. The highest BCUT2D eigenvalue weighted by molar-refractivity contribution is 7.16. The predicted octanol–water partition coefficient (Wildman–Crippen LogP) is 2.84. The first-order valence-corrected chi connectivity index (χ1v) is 10.6. The number of carbonyl (C=O) groups excluding carboxylic acids is 1. The smallest absolute Gasteiger partial charge is 0.253 e. The second-order valence-electron chi connectivity index (χ2n) is 7.91. The highest BCUT2D eigenvalue weighted by Crippen LogP contribution is 2.43. The number of H-pyrrole nitrogens is 1. The molecular formula is C20H21ClN4O2S. The number of fused-ring (bicyclic) bond motifs is 2. The van der Waals surface area contributed by atoms with Gasteiger partial charge in [0, 0.05) is 48.6 Å². The molecule has 1 aromatic carbocycles. The number of benzene rings is 1. The van der Waals surface area contributed by atoms with Crippen LogP contribution in [0.3, 0.4) is 0 Å². The summed E-state index contributed by atoms with van der Waals surface area (Å²) in [6.07, 6.45) is 1.63. The Morgan fingerprint density at radius 1 is 1.32 bits per heavy atom. The number of imidazole rings is 1. The molecule has 1 amide bonds. The highest BCUT2D eigenvalue weighted by Gasteiger charge is 2.53. The van der Waals surface area contributed by atoms with Gasteiger partial charge in [0.25, 0.3) is 5.91 Å². The molecule has 2 aromatic heterocycles. The Labute approximate surface area is 171 Å². The zero-order valence-electron chi connectivity index (χ0n) is 15.3. The minimum Gasteiger partial charge on any atom is -0.396 e. The third-order valence-electron chi connectivity index (χ3n) is 6.11. The molecule has 0 radical (unpaired) electrons. The van der Waals surface area contributed by atoms with Crippen LogP contribution in [0.15, 0.2) is 36.7 Å². The number of likely N-dealkylation sites (tertiary alicyclic amines) is 2.